The minimum absolute atomic E-state index is 0.000886. The highest BCUT2D eigenvalue weighted by Gasteiger charge is 2.38. The van der Waals surface area contributed by atoms with E-state index >= 15 is 0 Å². The zero-order chi connectivity index (χ0) is 20.4. The van der Waals surface area contributed by atoms with E-state index in [0.29, 0.717) is 0 Å². The summed E-state index contributed by atoms with van der Waals surface area (Å²) in [6.07, 6.45) is 0. The van der Waals surface area contributed by atoms with Crippen LogP contribution in [-0.2, 0) is 9.53 Å². The lowest BCUT2D eigenvalue weighted by molar-refractivity contribution is -0.123. The molecule has 5 amide bonds. The maximum absolute atomic E-state index is 12.7. The van der Waals surface area contributed by atoms with Gasteiger partial charge in [0.15, 0.2) is 6.61 Å². The summed E-state index contributed by atoms with van der Waals surface area (Å²) in [6, 6.07) is 9.07. The molecule has 0 saturated heterocycles. The summed E-state index contributed by atoms with van der Waals surface area (Å²) >= 11 is 6.08. The van der Waals surface area contributed by atoms with Gasteiger partial charge in [0, 0.05) is 0 Å². The first-order valence-electron chi connectivity index (χ1n) is 7.83. The van der Waals surface area contributed by atoms with Crippen molar-refractivity contribution in [2.75, 3.05) is 11.5 Å². The molecule has 0 saturated carbocycles. The van der Waals surface area contributed by atoms with Crippen LogP contribution in [0.5, 0.6) is 0 Å². The topological polar surface area (TPSA) is 136 Å². The van der Waals surface area contributed by atoms with Crippen LogP contribution in [0.1, 0.15) is 31.1 Å². The molecule has 1 aliphatic heterocycles. The van der Waals surface area contributed by atoms with Crippen molar-refractivity contribution in [1.82, 2.24) is 5.32 Å². The van der Waals surface area contributed by atoms with Crippen LogP contribution in [-0.4, -0.2) is 36.3 Å². The quantitative estimate of drug-likeness (QED) is 0.588. The van der Waals surface area contributed by atoms with Crippen LogP contribution in [0.4, 0.5) is 10.5 Å². The van der Waals surface area contributed by atoms with E-state index in [2.05, 4.69) is 0 Å². The number of primary amides is 1. The number of urea groups is 1. The number of nitrogens with zero attached hydrogens (tertiary/aromatic N) is 1. The number of halogens is 1. The molecule has 10 heteroatoms. The second-order valence-electron chi connectivity index (χ2n) is 5.65. The van der Waals surface area contributed by atoms with Gasteiger partial charge in [-0.15, -0.1) is 0 Å². The van der Waals surface area contributed by atoms with Crippen molar-refractivity contribution in [3.05, 3.63) is 64.2 Å². The number of nitrogens with two attached hydrogens (primary N) is 1. The molecule has 0 bridgehead atoms. The van der Waals surface area contributed by atoms with Gasteiger partial charge in [-0.25, -0.2) is 14.5 Å². The fourth-order valence-corrected chi connectivity index (χ4v) is 2.83. The molecule has 2 aromatic rings. The van der Waals surface area contributed by atoms with Crippen LogP contribution in [0.25, 0.3) is 0 Å². The van der Waals surface area contributed by atoms with Gasteiger partial charge in [-0.1, -0.05) is 23.7 Å². The van der Waals surface area contributed by atoms with Crippen LogP contribution < -0.4 is 16.0 Å². The summed E-state index contributed by atoms with van der Waals surface area (Å²) in [7, 11) is 0. The average Bonchev–Trinajstić information content (AvgIpc) is 2.90. The lowest BCUT2D eigenvalue weighted by Gasteiger charge is -2.15. The third-order valence-corrected chi connectivity index (χ3v) is 4.13. The largest absolute Gasteiger partial charge is 0.452 e. The Balaban J connectivity index is 1.82. The first-order chi connectivity index (χ1) is 13.3. The molecular weight excluding hydrogens is 390 g/mol. The smallest absolute Gasteiger partial charge is 0.338 e. The molecule has 2 aromatic carbocycles. The fourth-order valence-electron chi connectivity index (χ4n) is 2.61. The number of carbonyl (C=O) groups excluding carboxylic acids is 5. The molecule has 142 valence electrons. The van der Waals surface area contributed by atoms with Gasteiger partial charge in [0.25, 0.3) is 17.7 Å². The molecule has 9 nitrogen and oxygen atoms in total. The maximum atomic E-state index is 12.7. The summed E-state index contributed by atoms with van der Waals surface area (Å²) in [6.45, 7) is -0.739. The molecule has 3 N–H and O–H groups in total. The zero-order valence-corrected chi connectivity index (χ0v) is 14.9. The van der Waals surface area contributed by atoms with E-state index in [1.807, 2.05) is 0 Å². The van der Waals surface area contributed by atoms with Crippen molar-refractivity contribution in [2.24, 2.45) is 5.73 Å². The minimum Gasteiger partial charge on any atom is -0.452 e. The Labute approximate surface area is 163 Å². The summed E-state index contributed by atoms with van der Waals surface area (Å²) in [4.78, 5) is 60.1. The molecule has 1 aliphatic rings. The molecule has 0 fully saturated rings. The van der Waals surface area contributed by atoms with Gasteiger partial charge in [0.1, 0.15) is 0 Å². The molecule has 0 atom stereocenters. The third-order valence-electron chi connectivity index (χ3n) is 3.81. The van der Waals surface area contributed by atoms with E-state index in [0.717, 1.165) is 4.90 Å². The predicted molar refractivity (Wildman–Crippen MR) is 97.0 cm³/mol. The van der Waals surface area contributed by atoms with Crippen molar-refractivity contribution < 1.29 is 28.7 Å². The second-order valence-corrected chi connectivity index (χ2v) is 6.05. The molecule has 0 unspecified atom stereocenters. The van der Waals surface area contributed by atoms with Crippen LogP contribution in [0.15, 0.2) is 42.5 Å². The standard InChI is InChI=1S/C18H12ClN3O6/c19-12-3-1-2-4-13(12)22-15(24)10-6-5-9(7-11(10)16(22)25)17(26)28-8-14(23)21-18(20)27/h1-7H,8H2,(H3,20,21,23,27). The van der Waals surface area contributed by atoms with Crippen molar-refractivity contribution in [3.8, 4) is 0 Å². The normalized spacial score (nSPS) is 12.5. The summed E-state index contributed by atoms with van der Waals surface area (Å²) in [5.74, 6) is -3.04. The molecule has 3 rings (SSSR count). The Morgan fingerprint density at radius 2 is 1.71 bits per heavy atom. The predicted octanol–water partition coefficient (Wildman–Crippen LogP) is 1.49. The number of esters is 1. The number of amides is 5. The summed E-state index contributed by atoms with van der Waals surface area (Å²) in [5, 5.41) is 1.96. The summed E-state index contributed by atoms with van der Waals surface area (Å²) in [5.41, 5.74) is 5.06. The zero-order valence-electron chi connectivity index (χ0n) is 14.1. The van der Waals surface area contributed by atoms with E-state index in [1.54, 1.807) is 23.5 Å². The molecule has 28 heavy (non-hydrogen) atoms. The third kappa shape index (κ3) is 3.55. The van der Waals surface area contributed by atoms with Gasteiger partial charge in [-0.05, 0) is 30.3 Å². The highest BCUT2D eigenvalue weighted by Crippen LogP contribution is 2.33. The van der Waals surface area contributed by atoms with E-state index in [-0.39, 0.29) is 27.4 Å². The monoisotopic (exact) mass is 401 g/mol. The maximum Gasteiger partial charge on any atom is 0.338 e. The highest BCUT2D eigenvalue weighted by molar-refractivity contribution is 6.39. The number of nitrogens with one attached hydrogen (secondary N) is 1. The Kier molecular flexibility index (Phi) is 5.10. The molecule has 0 spiro atoms. The Morgan fingerprint density at radius 1 is 1.04 bits per heavy atom. The first kappa shape index (κ1) is 19.1. The van der Waals surface area contributed by atoms with Crippen LogP contribution >= 0.6 is 11.6 Å². The van der Waals surface area contributed by atoms with Gasteiger partial charge in [-0.2, -0.15) is 0 Å². The van der Waals surface area contributed by atoms with Crippen LogP contribution in [0, 0.1) is 0 Å². The first-order valence-corrected chi connectivity index (χ1v) is 8.21. The summed E-state index contributed by atoms with van der Waals surface area (Å²) < 4.78 is 4.75. The van der Waals surface area contributed by atoms with Gasteiger partial charge in [0.05, 0.1) is 27.4 Å². The number of ether oxygens (including phenoxy) is 1. The number of para-hydroxylation sites is 1. The van der Waals surface area contributed by atoms with Crippen molar-refractivity contribution in [3.63, 3.8) is 0 Å². The van der Waals surface area contributed by atoms with E-state index in [1.165, 1.54) is 24.3 Å². The number of rotatable bonds is 4. The Morgan fingerprint density at radius 3 is 2.39 bits per heavy atom. The van der Waals surface area contributed by atoms with E-state index < -0.39 is 36.3 Å². The second kappa shape index (κ2) is 7.49. The van der Waals surface area contributed by atoms with Crippen LogP contribution in [0.3, 0.4) is 0 Å². The molecular formula is C18H12ClN3O6. The number of anilines is 1. The van der Waals surface area contributed by atoms with Gasteiger partial charge in [0.2, 0.25) is 0 Å². The number of imide groups is 2. The molecule has 0 radical (unpaired) electrons. The average molecular weight is 402 g/mol. The fraction of sp³-hybridized carbons (Fsp3) is 0.0556. The lowest BCUT2D eigenvalue weighted by atomic mass is 10.1. The van der Waals surface area contributed by atoms with Gasteiger partial charge >= 0.3 is 12.0 Å². The number of carbonyl (C=O) groups is 5. The minimum atomic E-state index is -1.08. The van der Waals surface area contributed by atoms with Crippen molar-refractivity contribution in [2.45, 2.75) is 0 Å². The molecule has 0 aliphatic carbocycles. The molecule has 1 heterocycles. The van der Waals surface area contributed by atoms with Gasteiger partial charge in [-0.3, -0.25) is 19.7 Å². The number of benzene rings is 2. The van der Waals surface area contributed by atoms with E-state index in [9.17, 15) is 24.0 Å². The van der Waals surface area contributed by atoms with Crippen LogP contribution in [0.2, 0.25) is 5.02 Å². The van der Waals surface area contributed by atoms with Crippen molar-refractivity contribution in [1.29, 1.82) is 0 Å². The number of hydrogen-bond donors (Lipinski definition) is 2. The SMILES string of the molecule is NC(=O)NC(=O)COC(=O)c1ccc2c(c1)C(=O)N(c1ccccc1Cl)C2=O. The highest BCUT2D eigenvalue weighted by atomic mass is 35.5. The lowest BCUT2D eigenvalue weighted by Crippen LogP contribution is -2.37. The van der Waals surface area contributed by atoms with E-state index in [4.69, 9.17) is 22.1 Å². The van der Waals surface area contributed by atoms with Gasteiger partial charge < -0.3 is 10.5 Å². The number of hydrogen-bond acceptors (Lipinski definition) is 6. The molecule has 0 aromatic heterocycles. The number of fused-ring (bicyclic) bond motifs is 1. The Hall–Kier alpha value is -3.72. The Bertz CT molecular complexity index is 1040. The van der Waals surface area contributed by atoms with Crippen molar-refractivity contribution >= 4 is 47.0 Å².